The molecule has 3 rings (SSSR count). The summed E-state index contributed by atoms with van der Waals surface area (Å²) in [5.74, 6) is 1.39. The number of nitrogens with zero attached hydrogens (tertiary/aromatic N) is 4. The van der Waals surface area contributed by atoms with Crippen LogP contribution in [-0.2, 0) is 4.74 Å². The number of urea groups is 1. The number of fused-ring (bicyclic) bond motifs is 1. The second kappa shape index (κ2) is 8.56. The van der Waals surface area contributed by atoms with Crippen molar-refractivity contribution in [2.24, 2.45) is 0 Å². The summed E-state index contributed by atoms with van der Waals surface area (Å²) in [6, 6.07) is 9.60. The van der Waals surface area contributed by atoms with Crippen molar-refractivity contribution in [3.63, 3.8) is 0 Å². The van der Waals surface area contributed by atoms with Crippen LogP contribution in [-0.4, -0.2) is 69.5 Å². The summed E-state index contributed by atoms with van der Waals surface area (Å²) in [5, 5.41) is 13.3. The lowest BCUT2D eigenvalue weighted by molar-refractivity contribution is 0.177. The summed E-state index contributed by atoms with van der Waals surface area (Å²) in [6.07, 6.45) is 0. The van der Waals surface area contributed by atoms with Crippen LogP contribution in [0.3, 0.4) is 0 Å². The van der Waals surface area contributed by atoms with E-state index in [9.17, 15) is 10.1 Å². The smallest absolute Gasteiger partial charge is 0.317 e. The molecular formula is C19H23N5O3. The first-order valence-corrected chi connectivity index (χ1v) is 8.82. The molecule has 0 spiro atoms. The number of aromatic nitrogens is 1. The van der Waals surface area contributed by atoms with E-state index >= 15 is 0 Å². The molecule has 0 aliphatic carbocycles. The molecule has 142 valence electrons. The van der Waals surface area contributed by atoms with Gasteiger partial charge < -0.3 is 24.6 Å². The van der Waals surface area contributed by atoms with Crippen molar-refractivity contribution in [3.8, 4) is 11.8 Å². The van der Waals surface area contributed by atoms with Gasteiger partial charge in [-0.3, -0.25) is 0 Å². The number of carbonyl (C=O) groups excluding carboxylic acids is 1. The third kappa shape index (κ3) is 4.20. The maximum Gasteiger partial charge on any atom is 0.317 e. The lowest BCUT2D eigenvalue weighted by Gasteiger charge is -2.35. The molecule has 1 saturated heterocycles. The molecule has 0 saturated carbocycles. The largest absolute Gasteiger partial charge is 0.497 e. The van der Waals surface area contributed by atoms with Crippen LogP contribution >= 0.6 is 0 Å². The molecule has 2 heterocycles. The summed E-state index contributed by atoms with van der Waals surface area (Å²) in [7, 11) is 3.21. The Bertz CT molecular complexity index is 856. The van der Waals surface area contributed by atoms with E-state index in [1.807, 2.05) is 24.3 Å². The number of hydrogen-bond donors (Lipinski definition) is 1. The third-order valence-corrected chi connectivity index (χ3v) is 4.57. The fourth-order valence-electron chi connectivity index (χ4n) is 3.09. The van der Waals surface area contributed by atoms with Crippen LogP contribution in [0.4, 0.5) is 10.6 Å². The third-order valence-electron chi connectivity index (χ3n) is 4.57. The maximum absolute atomic E-state index is 12.1. The molecule has 0 unspecified atom stereocenters. The van der Waals surface area contributed by atoms with Crippen LogP contribution in [0.2, 0.25) is 0 Å². The van der Waals surface area contributed by atoms with E-state index < -0.39 is 0 Å². The molecule has 1 N–H and O–H groups in total. The van der Waals surface area contributed by atoms with E-state index in [1.54, 1.807) is 19.1 Å². The van der Waals surface area contributed by atoms with Gasteiger partial charge in [-0.15, -0.1) is 0 Å². The predicted molar refractivity (Wildman–Crippen MR) is 102 cm³/mol. The van der Waals surface area contributed by atoms with Gasteiger partial charge in [-0.05, 0) is 24.3 Å². The number of anilines is 1. The molecule has 2 aromatic rings. The van der Waals surface area contributed by atoms with Crippen LogP contribution in [0.15, 0.2) is 24.3 Å². The van der Waals surface area contributed by atoms with E-state index in [-0.39, 0.29) is 6.03 Å². The van der Waals surface area contributed by atoms with E-state index in [1.165, 1.54) is 0 Å². The van der Waals surface area contributed by atoms with E-state index in [2.05, 4.69) is 21.3 Å². The standard InChI is InChI=1S/C19H23N5O3/c1-26-10-5-21-19(25)24-8-6-23(7-9-24)18-15(13-20)11-14-12-16(27-2)3-4-17(14)22-18/h3-4,11-12H,5-10H2,1-2H3,(H,21,25). The Balaban J connectivity index is 1.73. The molecule has 1 aromatic carbocycles. The monoisotopic (exact) mass is 369 g/mol. The zero-order valence-electron chi connectivity index (χ0n) is 15.6. The molecule has 1 aliphatic rings. The van der Waals surface area contributed by atoms with Gasteiger partial charge in [-0.1, -0.05) is 0 Å². The average Bonchev–Trinajstić information content (AvgIpc) is 2.72. The van der Waals surface area contributed by atoms with Crippen LogP contribution < -0.4 is 15.0 Å². The topological polar surface area (TPSA) is 90.7 Å². The van der Waals surface area contributed by atoms with Gasteiger partial charge in [0.15, 0.2) is 0 Å². The quantitative estimate of drug-likeness (QED) is 0.805. The molecule has 0 bridgehead atoms. The number of rotatable bonds is 5. The molecule has 0 atom stereocenters. The highest BCUT2D eigenvalue weighted by Gasteiger charge is 2.23. The van der Waals surface area contributed by atoms with E-state index in [0.717, 1.165) is 16.7 Å². The Kier molecular flexibility index (Phi) is 5.94. The Morgan fingerprint density at radius 2 is 2.04 bits per heavy atom. The van der Waals surface area contributed by atoms with E-state index in [0.29, 0.717) is 50.7 Å². The number of nitrogens with one attached hydrogen (secondary N) is 1. The van der Waals surface area contributed by atoms with Crippen LogP contribution in [0.1, 0.15) is 5.56 Å². The van der Waals surface area contributed by atoms with Gasteiger partial charge in [-0.25, -0.2) is 9.78 Å². The zero-order valence-corrected chi connectivity index (χ0v) is 15.6. The van der Waals surface area contributed by atoms with Gasteiger partial charge in [0.05, 0.1) is 24.8 Å². The minimum Gasteiger partial charge on any atom is -0.497 e. The van der Waals surface area contributed by atoms with Crippen molar-refractivity contribution in [2.75, 3.05) is 58.5 Å². The number of amides is 2. The highest BCUT2D eigenvalue weighted by Crippen LogP contribution is 2.26. The Morgan fingerprint density at radius 3 is 2.70 bits per heavy atom. The van der Waals surface area contributed by atoms with Gasteiger partial charge in [0.2, 0.25) is 0 Å². The van der Waals surface area contributed by atoms with Gasteiger partial charge in [0.1, 0.15) is 17.6 Å². The molecular weight excluding hydrogens is 346 g/mol. The predicted octanol–water partition coefficient (Wildman–Crippen LogP) is 1.59. The van der Waals surface area contributed by atoms with Crippen molar-refractivity contribution in [1.82, 2.24) is 15.2 Å². The Hall–Kier alpha value is -3.05. The molecule has 8 heteroatoms. The fourth-order valence-corrected chi connectivity index (χ4v) is 3.09. The second-order valence-corrected chi connectivity index (χ2v) is 6.23. The number of benzene rings is 1. The number of piperazine rings is 1. The average molecular weight is 369 g/mol. The van der Waals surface area contributed by atoms with Gasteiger partial charge in [0, 0.05) is 45.2 Å². The maximum atomic E-state index is 12.1. The first kappa shape index (κ1) is 18.7. The van der Waals surface area contributed by atoms with Crippen LogP contribution in [0, 0.1) is 11.3 Å². The van der Waals surface area contributed by atoms with E-state index in [4.69, 9.17) is 9.47 Å². The molecule has 0 radical (unpaired) electrons. The molecule has 1 aliphatic heterocycles. The summed E-state index contributed by atoms with van der Waals surface area (Å²) in [5.41, 5.74) is 1.33. The molecule has 27 heavy (non-hydrogen) atoms. The normalized spacial score (nSPS) is 14.1. The Labute approximate surface area is 158 Å². The summed E-state index contributed by atoms with van der Waals surface area (Å²) < 4.78 is 10.2. The second-order valence-electron chi connectivity index (χ2n) is 6.23. The number of hydrogen-bond acceptors (Lipinski definition) is 6. The molecule has 8 nitrogen and oxygen atoms in total. The van der Waals surface area contributed by atoms with Crippen molar-refractivity contribution in [1.29, 1.82) is 5.26 Å². The number of methoxy groups -OCH3 is 2. The lowest BCUT2D eigenvalue weighted by Crippen LogP contribution is -2.52. The summed E-state index contributed by atoms with van der Waals surface area (Å²) >= 11 is 0. The molecule has 2 amide bonds. The summed E-state index contributed by atoms with van der Waals surface area (Å²) in [6.45, 7) is 3.38. The van der Waals surface area contributed by atoms with Crippen molar-refractivity contribution in [2.45, 2.75) is 0 Å². The summed E-state index contributed by atoms with van der Waals surface area (Å²) in [4.78, 5) is 20.6. The lowest BCUT2D eigenvalue weighted by atomic mass is 10.1. The van der Waals surface area contributed by atoms with Gasteiger partial charge in [0.25, 0.3) is 0 Å². The highest BCUT2D eigenvalue weighted by molar-refractivity contribution is 5.84. The zero-order chi connectivity index (χ0) is 19.2. The molecule has 1 fully saturated rings. The van der Waals surface area contributed by atoms with Gasteiger partial charge >= 0.3 is 6.03 Å². The van der Waals surface area contributed by atoms with Gasteiger partial charge in [-0.2, -0.15) is 5.26 Å². The minimum absolute atomic E-state index is 0.0919. The number of ether oxygens (including phenoxy) is 2. The first-order valence-electron chi connectivity index (χ1n) is 8.82. The minimum atomic E-state index is -0.0919. The van der Waals surface area contributed by atoms with Crippen LogP contribution in [0.5, 0.6) is 5.75 Å². The SMILES string of the molecule is COCCNC(=O)N1CCN(c2nc3ccc(OC)cc3cc2C#N)CC1. The first-order chi connectivity index (χ1) is 13.2. The number of pyridine rings is 1. The Morgan fingerprint density at radius 1 is 1.26 bits per heavy atom. The number of carbonyl (C=O) groups is 1. The van der Waals surface area contributed by atoms with Crippen molar-refractivity contribution in [3.05, 3.63) is 29.8 Å². The van der Waals surface area contributed by atoms with Crippen LogP contribution in [0.25, 0.3) is 10.9 Å². The van der Waals surface area contributed by atoms with Crippen molar-refractivity contribution < 1.29 is 14.3 Å². The van der Waals surface area contributed by atoms with Crippen molar-refractivity contribution >= 4 is 22.8 Å². The fraction of sp³-hybridized carbons (Fsp3) is 0.421. The highest BCUT2D eigenvalue weighted by atomic mass is 16.5. The molecule has 1 aromatic heterocycles. The number of nitriles is 1.